The fourth-order valence-corrected chi connectivity index (χ4v) is 3.99. The number of fused-ring (bicyclic) bond motifs is 1. The van der Waals surface area contributed by atoms with Crippen molar-refractivity contribution in [1.82, 2.24) is 4.90 Å². The van der Waals surface area contributed by atoms with Crippen LogP contribution in [0.25, 0.3) is 0 Å². The second-order valence-electron chi connectivity index (χ2n) is 5.05. The van der Waals surface area contributed by atoms with Crippen molar-refractivity contribution in [3.05, 3.63) is 21.4 Å². The summed E-state index contributed by atoms with van der Waals surface area (Å²) in [5.74, 6) is -0.391. The van der Waals surface area contributed by atoms with E-state index in [1.54, 1.807) is 16.2 Å². The molecule has 18 heavy (non-hydrogen) atoms. The van der Waals surface area contributed by atoms with Gasteiger partial charge < -0.3 is 10.6 Å². The van der Waals surface area contributed by atoms with E-state index >= 15 is 0 Å². The Bertz CT molecular complexity index is 488. The van der Waals surface area contributed by atoms with Crippen molar-refractivity contribution in [2.45, 2.75) is 25.7 Å². The zero-order chi connectivity index (χ0) is 12.7. The molecule has 1 aromatic rings. The van der Waals surface area contributed by atoms with Gasteiger partial charge in [-0.05, 0) is 37.3 Å². The molecule has 1 aromatic heterocycles. The largest absolute Gasteiger partial charge is 0.369 e. The quantitative estimate of drug-likeness (QED) is 0.872. The Morgan fingerprint density at radius 1 is 1.39 bits per heavy atom. The van der Waals surface area contributed by atoms with E-state index in [1.807, 2.05) is 6.07 Å². The van der Waals surface area contributed by atoms with E-state index in [0.29, 0.717) is 19.5 Å². The third kappa shape index (κ3) is 1.92. The zero-order valence-electron chi connectivity index (χ0n) is 10.1. The zero-order valence-corrected chi connectivity index (χ0v) is 11.0. The normalized spacial score (nSPS) is 22.2. The van der Waals surface area contributed by atoms with Gasteiger partial charge in [-0.2, -0.15) is 0 Å². The highest BCUT2D eigenvalue weighted by Gasteiger charge is 2.31. The summed E-state index contributed by atoms with van der Waals surface area (Å²) in [6.45, 7) is 1.13. The van der Waals surface area contributed by atoms with Crippen LogP contribution in [0.1, 0.15) is 33.0 Å². The molecule has 2 N–H and O–H groups in total. The second-order valence-corrected chi connectivity index (χ2v) is 6.19. The van der Waals surface area contributed by atoms with Crippen molar-refractivity contribution in [3.8, 4) is 0 Å². The maximum atomic E-state index is 12.3. The molecule has 1 unspecified atom stereocenters. The van der Waals surface area contributed by atoms with Crippen LogP contribution in [0.3, 0.4) is 0 Å². The highest BCUT2D eigenvalue weighted by atomic mass is 32.1. The Kier molecular flexibility index (Phi) is 2.86. The van der Waals surface area contributed by atoms with E-state index < -0.39 is 0 Å². The van der Waals surface area contributed by atoms with Crippen molar-refractivity contribution in [2.75, 3.05) is 13.1 Å². The molecule has 96 valence electrons. The maximum Gasteiger partial charge on any atom is 0.263 e. The minimum atomic E-state index is -0.293. The predicted octanol–water partition coefficient (Wildman–Crippen LogP) is 1.18. The number of hydrogen-bond donors (Lipinski definition) is 1. The summed E-state index contributed by atoms with van der Waals surface area (Å²) < 4.78 is 0. The Morgan fingerprint density at radius 2 is 2.22 bits per heavy atom. The third-order valence-electron chi connectivity index (χ3n) is 3.84. The summed E-state index contributed by atoms with van der Waals surface area (Å²) in [6, 6.07) is 2.03. The van der Waals surface area contributed by atoms with Crippen molar-refractivity contribution in [2.24, 2.45) is 11.7 Å². The van der Waals surface area contributed by atoms with Gasteiger partial charge in [0, 0.05) is 18.0 Å². The number of hydrogen-bond acceptors (Lipinski definition) is 3. The van der Waals surface area contributed by atoms with Gasteiger partial charge >= 0.3 is 0 Å². The number of carbonyl (C=O) groups excluding carboxylic acids is 2. The first-order valence-corrected chi connectivity index (χ1v) is 7.17. The molecule has 2 heterocycles. The Balaban J connectivity index is 1.73. The summed E-state index contributed by atoms with van der Waals surface area (Å²) in [5.41, 5.74) is 6.63. The molecule has 3 rings (SSSR count). The van der Waals surface area contributed by atoms with Crippen LogP contribution in [0.2, 0.25) is 0 Å². The van der Waals surface area contributed by atoms with Crippen molar-refractivity contribution >= 4 is 23.2 Å². The first-order valence-electron chi connectivity index (χ1n) is 6.35. The summed E-state index contributed by atoms with van der Waals surface area (Å²) in [5, 5.41) is 0. The highest BCUT2D eigenvalue weighted by Crippen LogP contribution is 2.32. The van der Waals surface area contributed by atoms with E-state index in [0.717, 1.165) is 17.7 Å². The molecule has 2 amide bonds. The lowest BCUT2D eigenvalue weighted by Gasteiger charge is -2.14. The van der Waals surface area contributed by atoms with Crippen molar-refractivity contribution < 1.29 is 9.59 Å². The monoisotopic (exact) mass is 264 g/mol. The average Bonchev–Trinajstić information content (AvgIpc) is 3.02. The number of primary amides is 1. The van der Waals surface area contributed by atoms with Crippen LogP contribution in [-0.2, 0) is 17.6 Å². The first-order chi connectivity index (χ1) is 8.65. The van der Waals surface area contributed by atoms with Crippen LogP contribution in [0.5, 0.6) is 0 Å². The van der Waals surface area contributed by atoms with Crippen LogP contribution in [0.15, 0.2) is 6.07 Å². The summed E-state index contributed by atoms with van der Waals surface area (Å²) in [6.07, 6.45) is 4.12. The molecule has 1 aliphatic carbocycles. The minimum absolute atomic E-state index is 0.0677. The third-order valence-corrected chi connectivity index (χ3v) is 5.06. The van der Waals surface area contributed by atoms with Crippen molar-refractivity contribution in [3.63, 3.8) is 0 Å². The number of thiophene rings is 1. The van der Waals surface area contributed by atoms with Gasteiger partial charge in [-0.1, -0.05) is 0 Å². The molecular formula is C13H16N2O2S. The number of nitrogens with two attached hydrogens (primary N) is 1. The van der Waals surface area contributed by atoms with Gasteiger partial charge in [0.25, 0.3) is 5.91 Å². The molecule has 4 nitrogen and oxygen atoms in total. The molecule has 1 atom stereocenters. The molecular weight excluding hydrogens is 248 g/mol. The van der Waals surface area contributed by atoms with Crippen LogP contribution in [0.4, 0.5) is 0 Å². The van der Waals surface area contributed by atoms with Crippen LogP contribution in [-0.4, -0.2) is 29.8 Å². The van der Waals surface area contributed by atoms with E-state index in [-0.39, 0.29) is 17.7 Å². The van der Waals surface area contributed by atoms with E-state index in [9.17, 15) is 9.59 Å². The molecule has 2 aliphatic rings. The molecule has 0 bridgehead atoms. The fourth-order valence-electron chi connectivity index (χ4n) is 2.77. The average molecular weight is 264 g/mol. The van der Waals surface area contributed by atoms with Gasteiger partial charge in [-0.15, -0.1) is 11.3 Å². The van der Waals surface area contributed by atoms with Crippen LogP contribution < -0.4 is 5.73 Å². The predicted molar refractivity (Wildman–Crippen MR) is 69.5 cm³/mol. The molecule has 0 aromatic carbocycles. The molecule has 1 saturated heterocycles. The minimum Gasteiger partial charge on any atom is -0.369 e. The summed E-state index contributed by atoms with van der Waals surface area (Å²) >= 11 is 1.62. The smallest absolute Gasteiger partial charge is 0.263 e. The Labute approximate surface area is 110 Å². The Morgan fingerprint density at radius 3 is 2.89 bits per heavy atom. The summed E-state index contributed by atoms with van der Waals surface area (Å²) in [4.78, 5) is 27.4. The number of likely N-dealkylation sites (tertiary alicyclic amines) is 1. The van der Waals surface area contributed by atoms with Crippen LogP contribution in [0, 0.1) is 5.92 Å². The van der Waals surface area contributed by atoms with E-state index in [2.05, 4.69) is 0 Å². The first kappa shape index (κ1) is 11.7. The van der Waals surface area contributed by atoms with Gasteiger partial charge in [0.05, 0.1) is 10.8 Å². The van der Waals surface area contributed by atoms with Gasteiger partial charge in [-0.3, -0.25) is 9.59 Å². The van der Waals surface area contributed by atoms with Crippen LogP contribution >= 0.6 is 11.3 Å². The summed E-state index contributed by atoms with van der Waals surface area (Å²) in [7, 11) is 0. The molecule has 0 spiro atoms. The molecule has 1 fully saturated rings. The van der Waals surface area contributed by atoms with E-state index in [1.165, 1.54) is 16.9 Å². The van der Waals surface area contributed by atoms with Crippen molar-refractivity contribution in [1.29, 1.82) is 0 Å². The van der Waals surface area contributed by atoms with Gasteiger partial charge in [0.2, 0.25) is 5.91 Å². The number of nitrogens with zero attached hydrogens (tertiary/aromatic N) is 1. The molecule has 0 radical (unpaired) electrons. The molecule has 5 heteroatoms. The van der Waals surface area contributed by atoms with E-state index in [4.69, 9.17) is 5.73 Å². The highest BCUT2D eigenvalue weighted by molar-refractivity contribution is 7.14. The lowest BCUT2D eigenvalue weighted by Crippen LogP contribution is -2.31. The number of carbonyl (C=O) groups is 2. The number of aryl methyl sites for hydroxylation is 2. The fraction of sp³-hybridized carbons (Fsp3) is 0.538. The maximum absolute atomic E-state index is 12.3. The number of rotatable bonds is 2. The SMILES string of the molecule is NC(=O)C1CCN(C(=O)c2cc3c(s2)CCC3)C1. The standard InChI is InChI=1S/C13H16N2O2S/c14-12(16)9-4-5-15(7-9)13(17)11-6-8-2-1-3-10(8)18-11/h6,9H,1-5,7H2,(H2,14,16). The Hall–Kier alpha value is -1.36. The second kappa shape index (κ2) is 4.39. The number of amides is 2. The molecule has 0 saturated carbocycles. The molecule has 1 aliphatic heterocycles. The van der Waals surface area contributed by atoms with Gasteiger partial charge in [-0.25, -0.2) is 0 Å². The van der Waals surface area contributed by atoms with Gasteiger partial charge in [0.15, 0.2) is 0 Å². The lowest BCUT2D eigenvalue weighted by atomic mass is 10.1. The van der Waals surface area contributed by atoms with Gasteiger partial charge in [0.1, 0.15) is 0 Å². The topological polar surface area (TPSA) is 63.4 Å². The lowest BCUT2D eigenvalue weighted by molar-refractivity contribution is -0.121.